The summed E-state index contributed by atoms with van der Waals surface area (Å²) >= 11 is 0. The van der Waals surface area contributed by atoms with Crippen LogP contribution in [0.2, 0.25) is 0 Å². The Morgan fingerprint density at radius 3 is 2.56 bits per heavy atom. The van der Waals surface area contributed by atoms with Crippen molar-refractivity contribution in [1.29, 1.82) is 0 Å². The minimum Gasteiger partial charge on any atom is -0.481 e. The Kier molecular flexibility index (Phi) is 3.31. The minimum absolute atomic E-state index is 0.0150. The Morgan fingerprint density at radius 2 is 2.00 bits per heavy atom. The number of carboxylic acid groups (broad SMARTS) is 1. The first-order chi connectivity index (χ1) is 8.47. The van der Waals surface area contributed by atoms with Crippen molar-refractivity contribution in [1.82, 2.24) is 10.2 Å². The van der Waals surface area contributed by atoms with Gasteiger partial charge in [-0.05, 0) is 18.8 Å². The molecule has 98 valence electrons. The van der Waals surface area contributed by atoms with Crippen molar-refractivity contribution in [3.63, 3.8) is 0 Å². The lowest BCUT2D eigenvalue weighted by Crippen LogP contribution is -2.30. The van der Waals surface area contributed by atoms with Crippen LogP contribution in [0.3, 0.4) is 0 Å². The smallest absolute Gasteiger partial charge is 0.322 e. The van der Waals surface area contributed by atoms with Crippen LogP contribution in [0.15, 0.2) is 4.42 Å². The Balaban J connectivity index is 2.06. The molecule has 1 aromatic heterocycles. The summed E-state index contributed by atoms with van der Waals surface area (Å²) in [4.78, 5) is 23.1. The zero-order valence-corrected chi connectivity index (χ0v) is 10.2. The highest BCUT2D eigenvalue weighted by molar-refractivity contribution is 5.93. The summed E-state index contributed by atoms with van der Waals surface area (Å²) in [6, 6.07) is 0.0150. The third kappa shape index (κ3) is 2.49. The Morgan fingerprint density at radius 1 is 1.33 bits per heavy atom. The second-order valence-electron chi connectivity index (χ2n) is 4.74. The lowest BCUT2D eigenvalue weighted by Gasteiger charge is -2.13. The third-order valence-corrected chi connectivity index (χ3v) is 3.21. The molecule has 7 heteroatoms. The van der Waals surface area contributed by atoms with E-state index in [9.17, 15) is 9.59 Å². The van der Waals surface area contributed by atoms with Crippen LogP contribution in [0.4, 0.5) is 6.01 Å². The fraction of sp³-hybridized carbons (Fsp3) is 0.636. The molecule has 0 aliphatic heterocycles. The van der Waals surface area contributed by atoms with E-state index in [-0.39, 0.29) is 17.8 Å². The second kappa shape index (κ2) is 4.75. The summed E-state index contributed by atoms with van der Waals surface area (Å²) in [5.74, 6) is -1.89. The van der Waals surface area contributed by atoms with Crippen LogP contribution in [0.1, 0.15) is 25.7 Å². The number of nitrogens with zero attached hydrogens (tertiary/aromatic N) is 2. The SMILES string of the molecule is Cc1nnc(NC(=O)[C@H]2CC(C)C[C@H]2C(=O)O)o1. The number of nitrogens with one attached hydrogen (secondary N) is 1. The molecule has 0 aromatic carbocycles. The topological polar surface area (TPSA) is 105 Å². The van der Waals surface area contributed by atoms with E-state index in [2.05, 4.69) is 15.5 Å². The first-order valence-corrected chi connectivity index (χ1v) is 5.81. The number of carbonyl (C=O) groups is 2. The maximum atomic E-state index is 12.0. The van der Waals surface area contributed by atoms with E-state index in [4.69, 9.17) is 9.52 Å². The molecule has 2 N–H and O–H groups in total. The van der Waals surface area contributed by atoms with Crippen molar-refractivity contribution in [2.75, 3.05) is 5.32 Å². The first-order valence-electron chi connectivity index (χ1n) is 5.81. The molecule has 2 rings (SSSR count). The molecular formula is C11H15N3O4. The molecule has 1 aromatic rings. The molecule has 7 nitrogen and oxygen atoms in total. The molecular weight excluding hydrogens is 238 g/mol. The molecule has 1 unspecified atom stereocenters. The van der Waals surface area contributed by atoms with Crippen molar-refractivity contribution in [2.24, 2.45) is 17.8 Å². The number of carboxylic acids is 1. The number of amides is 1. The quantitative estimate of drug-likeness (QED) is 0.834. The average molecular weight is 253 g/mol. The van der Waals surface area contributed by atoms with E-state index in [0.29, 0.717) is 18.7 Å². The number of hydrogen-bond acceptors (Lipinski definition) is 5. The van der Waals surface area contributed by atoms with Crippen molar-refractivity contribution < 1.29 is 19.1 Å². The van der Waals surface area contributed by atoms with Gasteiger partial charge in [0, 0.05) is 6.92 Å². The Bertz CT molecular complexity index is 471. The highest BCUT2D eigenvalue weighted by Gasteiger charge is 2.41. The van der Waals surface area contributed by atoms with Crippen LogP contribution < -0.4 is 5.32 Å². The predicted molar refractivity (Wildman–Crippen MR) is 60.7 cm³/mol. The summed E-state index contributed by atoms with van der Waals surface area (Å²) in [5, 5.41) is 18.8. The molecule has 3 atom stereocenters. The van der Waals surface area contributed by atoms with E-state index in [1.807, 2.05) is 6.92 Å². The normalized spacial score (nSPS) is 27.1. The third-order valence-electron chi connectivity index (χ3n) is 3.21. The van der Waals surface area contributed by atoms with Crippen LogP contribution >= 0.6 is 0 Å². The number of aryl methyl sites for hydroxylation is 1. The van der Waals surface area contributed by atoms with Gasteiger partial charge in [-0.2, -0.15) is 0 Å². The minimum atomic E-state index is -0.929. The molecule has 18 heavy (non-hydrogen) atoms. The van der Waals surface area contributed by atoms with Crippen LogP contribution in [0.5, 0.6) is 0 Å². The van der Waals surface area contributed by atoms with Crippen LogP contribution in [-0.2, 0) is 9.59 Å². The lowest BCUT2D eigenvalue weighted by atomic mass is 9.95. The van der Waals surface area contributed by atoms with E-state index in [1.165, 1.54) is 0 Å². The zero-order valence-electron chi connectivity index (χ0n) is 10.2. The molecule has 1 amide bonds. The van der Waals surface area contributed by atoms with Crippen molar-refractivity contribution in [3.8, 4) is 0 Å². The molecule has 1 aliphatic carbocycles. The molecule has 0 saturated heterocycles. The Hall–Kier alpha value is -1.92. The molecule has 0 spiro atoms. The number of aliphatic carboxylic acids is 1. The van der Waals surface area contributed by atoms with Gasteiger partial charge in [0.2, 0.25) is 11.8 Å². The standard InChI is InChI=1S/C11H15N3O4/c1-5-3-7(8(4-5)10(16)17)9(15)12-11-14-13-6(2)18-11/h5,7-8H,3-4H2,1-2H3,(H,16,17)(H,12,14,15)/t5?,7-,8+/m0/s1. The van der Waals surface area contributed by atoms with E-state index < -0.39 is 17.8 Å². The van der Waals surface area contributed by atoms with Gasteiger partial charge < -0.3 is 9.52 Å². The Labute approximate surface area is 104 Å². The molecule has 1 heterocycles. The molecule has 0 bridgehead atoms. The molecule has 1 fully saturated rings. The van der Waals surface area contributed by atoms with Crippen molar-refractivity contribution >= 4 is 17.9 Å². The number of rotatable bonds is 3. The maximum absolute atomic E-state index is 12.0. The summed E-state index contributed by atoms with van der Waals surface area (Å²) in [6.45, 7) is 3.56. The van der Waals surface area contributed by atoms with Gasteiger partial charge in [-0.1, -0.05) is 12.0 Å². The summed E-state index contributed by atoms with van der Waals surface area (Å²) in [7, 11) is 0. The zero-order chi connectivity index (χ0) is 13.3. The summed E-state index contributed by atoms with van der Waals surface area (Å²) in [6.07, 6.45) is 1.09. The van der Waals surface area contributed by atoms with Gasteiger partial charge in [0.25, 0.3) is 0 Å². The number of aromatic nitrogens is 2. The van der Waals surface area contributed by atoms with Gasteiger partial charge in [-0.3, -0.25) is 14.9 Å². The average Bonchev–Trinajstić information content (AvgIpc) is 2.85. The number of hydrogen-bond donors (Lipinski definition) is 2. The molecule has 1 aliphatic rings. The van der Waals surface area contributed by atoms with E-state index in [0.717, 1.165) is 0 Å². The second-order valence-corrected chi connectivity index (χ2v) is 4.74. The van der Waals surface area contributed by atoms with Gasteiger partial charge in [-0.15, -0.1) is 5.10 Å². The van der Waals surface area contributed by atoms with Crippen molar-refractivity contribution in [3.05, 3.63) is 5.89 Å². The molecule has 0 radical (unpaired) electrons. The highest BCUT2D eigenvalue weighted by atomic mass is 16.4. The van der Waals surface area contributed by atoms with Gasteiger partial charge in [-0.25, -0.2) is 0 Å². The van der Waals surface area contributed by atoms with Crippen LogP contribution in [0, 0.1) is 24.7 Å². The van der Waals surface area contributed by atoms with Crippen LogP contribution in [-0.4, -0.2) is 27.2 Å². The maximum Gasteiger partial charge on any atom is 0.322 e. The lowest BCUT2D eigenvalue weighted by molar-refractivity contribution is -0.145. The number of anilines is 1. The monoisotopic (exact) mass is 253 g/mol. The van der Waals surface area contributed by atoms with E-state index in [1.54, 1.807) is 6.92 Å². The van der Waals surface area contributed by atoms with Gasteiger partial charge in [0.15, 0.2) is 0 Å². The predicted octanol–water partition coefficient (Wildman–Crippen LogP) is 1.06. The van der Waals surface area contributed by atoms with Gasteiger partial charge in [0.1, 0.15) is 0 Å². The summed E-state index contributed by atoms with van der Waals surface area (Å²) in [5.41, 5.74) is 0. The number of carbonyl (C=O) groups excluding carboxylic acids is 1. The molecule has 1 saturated carbocycles. The summed E-state index contributed by atoms with van der Waals surface area (Å²) < 4.78 is 5.03. The van der Waals surface area contributed by atoms with Gasteiger partial charge in [0.05, 0.1) is 11.8 Å². The fourth-order valence-corrected chi connectivity index (χ4v) is 2.40. The highest BCUT2D eigenvalue weighted by Crippen LogP contribution is 2.37. The first kappa shape index (κ1) is 12.5. The fourth-order valence-electron chi connectivity index (χ4n) is 2.40. The van der Waals surface area contributed by atoms with E-state index >= 15 is 0 Å². The largest absolute Gasteiger partial charge is 0.481 e. The van der Waals surface area contributed by atoms with Crippen molar-refractivity contribution in [2.45, 2.75) is 26.7 Å². The van der Waals surface area contributed by atoms with Crippen LogP contribution in [0.25, 0.3) is 0 Å². The van der Waals surface area contributed by atoms with Gasteiger partial charge >= 0.3 is 12.0 Å².